The number of anilines is 6. The Morgan fingerprint density at radius 1 is 0.239 bits per heavy atom. The van der Waals surface area contributed by atoms with Gasteiger partial charge in [0.25, 0.3) is 0 Å². The molecule has 18 rings (SSSR count). The van der Waals surface area contributed by atoms with Gasteiger partial charge in [-0.3, -0.25) is 0 Å². The van der Waals surface area contributed by atoms with Crippen molar-refractivity contribution in [2.75, 3.05) is 9.80 Å². The predicted octanol–water partition coefficient (Wildman–Crippen LogP) is 24.9. The van der Waals surface area contributed by atoms with Crippen LogP contribution in [-0.4, -0.2) is 0 Å². The third kappa shape index (κ3) is 9.04. The molecule has 4 heteroatoms. The summed E-state index contributed by atoms with van der Waals surface area (Å²) < 4.78 is 13.1. The molecule has 2 heterocycles. The molecule has 438 valence electrons. The highest BCUT2D eigenvalue weighted by Gasteiger charge is 2.41. The number of furan rings is 2. The second kappa shape index (κ2) is 21.7. The third-order valence-electron chi connectivity index (χ3n) is 19.5. The van der Waals surface area contributed by atoms with E-state index >= 15 is 0 Å². The van der Waals surface area contributed by atoms with Gasteiger partial charge >= 0.3 is 0 Å². The Labute approximate surface area is 536 Å². The van der Waals surface area contributed by atoms with E-state index in [0.717, 1.165) is 56.5 Å². The summed E-state index contributed by atoms with van der Waals surface area (Å²) in [6.07, 6.45) is 0. The van der Waals surface area contributed by atoms with Gasteiger partial charge in [0, 0.05) is 77.6 Å². The number of benzene rings is 14. The van der Waals surface area contributed by atoms with Gasteiger partial charge in [-0.15, -0.1) is 0 Å². The molecule has 14 aromatic carbocycles. The van der Waals surface area contributed by atoms with E-state index in [1.54, 1.807) is 0 Å². The summed E-state index contributed by atoms with van der Waals surface area (Å²) >= 11 is 0. The second-order valence-corrected chi connectivity index (χ2v) is 25.6. The summed E-state index contributed by atoms with van der Waals surface area (Å²) in [5, 5.41) is 7.22. The Morgan fingerprint density at radius 2 is 0.587 bits per heavy atom. The highest BCUT2D eigenvalue weighted by molar-refractivity contribution is 6.11. The number of para-hydroxylation sites is 3. The largest absolute Gasteiger partial charge is 0.456 e. The van der Waals surface area contributed by atoms with Crippen LogP contribution in [0, 0.1) is 0 Å². The van der Waals surface area contributed by atoms with E-state index in [1.165, 1.54) is 110 Å². The zero-order valence-electron chi connectivity index (χ0n) is 51.7. The highest BCUT2D eigenvalue weighted by atomic mass is 16.3. The molecule has 0 N–H and O–H groups in total. The molecular formula is C88H64N2O2. The minimum Gasteiger partial charge on any atom is -0.456 e. The molecule has 0 saturated carbocycles. The second-order valence-electron chi connectivity index (χ2n) is 25.6. The Morgan fingerprint density at radius 3 is 1.04 bits per heavy atom. The number of nitrogens with zero attached hydrogens (tertiary/aromatic N) is 2. The van der Waals surface area contributed by atoms with E-state index < -0.39 is 0 Å². The van der Waals surface area contributed by atoms with Gasteiger partial charge in [0.1, 0.15) is 22.3 Å². The number of hydrogen-bond donors (Lipinski definition) is 0. The van der Waals surface area contributed by atoms with Crippen molar-refractivity contribution in [1.82, 2.24) is 0 Å². The summed E-state index contributed by atoms with van der Waals surface area (Å²) in [4.78, 5) is 4.73. The summed E-state index contributed by atoms with van der Waals surface area (Å²) in [5.74, 6) is 0. The lowest BCUT2D eigenvalue weighted by Gasteiger charge is -2.27. The molecule has 2 aromatic heterocycles. The van der Waals surface area contributed by atoms with Gasteiger partial charge in [-0.1, -0.05) is 240 Å². The van der Waals surface area contributed by atoms with Crippen LogP contribution in [0.4, 0.5) is 34.1 Å². The van der Waals surface area contributed by atoms with Gasteiger partial charge < -0.3 is 18.6 Å². The van der Waals surface area contributed by atoms with Gasteiger partial charge in [-0.2, -0.15) is 0 Å². The number of fused-ring (bicyclic) bond motifs is 15. The van der Waals surface area contributed by atoms with Crippen molar-refractivity contribution in [3.05, 3.63) is 338 Å². The quantitative estimate of drug-likeness (QED) is 0.144. The predicted molar refractivity (Wildman–Crippen MR) is 386 cm³/mol. The molecule has 0 aliphatic heterocycles. The molecule has 0 radical (unpaired) electrons. The third-order valence-corrected chi connectivity index (χ3v) is 19.5. The summed E-state index contributed by atoms with van der Waals surface area (Å²) in [6, 6.07) is 113. The Hall–Kier alpha value is -11.5. The Balaban J connectivity index is 0.000000141. The molecule has 0 bridgehead atoms. The van der Waals surface area contributed by atoms with Crippen molar-refractivity contribution < 1.29 is 8.83 Å². The smallest absolute Gasteiger partial charge is 0.140 e. The van der Waals surface area contributed by atoms with Crippen molar-refractivity contribution in [2.24, 2.45) is 0 Å². The van der Waals surface area contributed by atoms with Crippen molar-refractivity contribution >= 4 is 88.8 Å². The van der Waals surface area contributed by atoms with Gasteiger partial charge in [0.05, 0.1) is 0 Å². The van der Waals surface area contributed by atoms with Crippen LogP contribution in [0.25, 0.3) is 110 Å². The summed E-state index contributed by atoms with van der Waals surface area (Å²) in [7, 11) is 0. The van der Waals surface area contributed by atoms with E-state index in [4.69, 9.17) is 8.83 Å². The maximum Gasteiger partial charge on any atom is 0.140 e. The van der Waals surface area contributed by atoms with Crippen molar-refractivity contribution in [3.8, 4) is 55.6 Å². The molecule has 0 saturated heterocycles. The average Bonchev–Trinajstić information content (AvgIpc) is 1.56. The lowest BCUT2D eigenvalue weighted by molar-refractivity contribution is 0.619. The van der Waals surface area contributed by atoms with E-state index in [0.29, 0.717) is 0 Å². The van der Waals surface area contributed by atoms with E-state index in [2.05, 4.69) is 341 Å². The lowest BCUT2D eigenvalue weighted by Crippen LogP contribution is -2.15. The minimum absolute atomic E-state index is 0.185. The maximum absolute atomic E-state index is 6.56. The summed E-state index contributed by atoms with van der Waals surface area (Å²) in [5.41, 5.74) is 27.7. The average molecular weight is 1180 g/mol. The fraction of sp³-hybridized carbons (Fsp3) is 0.0682. The van der Waals surface area contributed by atoms with Crippen molar-refractivity contribution in [1.29, 1.82) is 0 Å². The maximum atomic E-state index is 6.56. The fourth-order valence-electron chi connectivity index (χ4n) is 14.9. The molecule has 2 aliphatic carbocycles. The van der Waals surface area contributed by atoms with Crippen molar-refractivity contribution in [3.63, 3.8) is 0 Å². The normalized spacial score (nSPS) is 13.2. The zero-order chi connectivity index (χ0) is 61.7. The first-order valence-corrected chi connectivity index (χ1v) is 31.9. The molecule has 16 aromatic rings. The van der Waals surface area contributed by atoms with Crippen LogP contribution >= 0.6 is 0 Å². The molecule has 4 nitrogen and oxygen atoms in total. The standard InChI is InChI=1S/C45H33NO.C43H31NO/c1-45(2)41-28-25-36(29-40(41)38-26-27-39-37-15-9-10-16-42(37)47-44(39)43(38)45)46(34-21-17-32(18-22-34)30-11-5-3-6-12-30)35-23-19-33(20-24-35)31-13-7-4-8-14-31;1-43(2)39-25-22-34(27-38(39)36-23-24-37-35-14-8-9-15-40(35)45-42(37)41(36)43)44(32-12-4-3-5-13-32)33-20-18-29(19-21-33)31-17-16-28-10-6-7-11-30(28)26-31/h3-29H,1-2H3;3-27H,1-2H3. The minimum atomic E-state index is -0.198. The zero-order valence-corrected chi connectivity index (χ0v) is 51.7. The molecule has 0 unspecified atom stereocenters. The molecule has 0 atom stereocenters. The molecule has 0 spiro atoms. The van der Waals surface area contributed by atoms with Crippen LogP contribution in [0.15, 0.2) is 324 Å². The first kappa shape index (κ1) is 54.7. The lowest BCUT2D eigenvalue weighted by atomic mass is 9.81. The molecule has 0 amide bonds. The van der Waals surface area contributed by atoms with Gasteiger partial charge in [0.15, 0.2) is 0 Å². The topological polar surface area (TPSA) is 32.8 Å². The van der Waals surface area contributed by atoms with Gasteiger partial charge in [-0.25, -0.2) is 0 Å². The molecule has 0 fully saturated rings. The van der Waals surface area contributed by atoms with Crippen LogP contribution in [0.1, 0.15) is 49.9 Å². The molecular weight excluding hydrogens is 1120 g/mol. The fourth-order valence-corrected chi connectivity index (χ4v) is 14.9. The highest BCUT2D eigenvalue weighted by Crippen LogP contribution is 2.56. The monoisotopic (exact) mass is 1180 g/mol. The van der Waals surface area contributed by atoms with Gasteiger partial charge in [0.2, 0.25) is 0 Å². The van der Waals surface area contributed by atoms with E-state index in [1.807, 2.05) is 12.1 Å². The van der Waals surface area contributed by atoms with Gasteiger partial charge in [-0.05, 0) is 181 Å². The van der Waals surface area contributed by atoms with E-state index in [-0.39, 0.29) is 10.8 Å². The SMILES string of the molecule is CC1(C)c2ccc(N(c3ccc(-c4ccccc4)cc3)c3ccc(-c4ccccc4)cc3)cc2-c2ccc3c(oc4ccccc43)c21.CC1(C)c2ccc(N(c3ccccc3)c3ccc(-c4ccc5ccccc5c4)cc3)cc2-c2ccc3c(oc4ccccc43)c21. The first-order valence-electron chi connectivity index (χ1n) is 31.9. The Bertz CT molecular complexity index is 5410. The van der Waals surface area contributed by atoms with Crippen molar-refractivity contribution in [2.45, 2.75) is 38.5 Å². The number of hydrogen-bond acceptors (Lipinski definition) is 4. The van der Waals surface area contributed by atoms with Crippen LogP contribution in [0.2, 0.25) is 0 Å². The Kier molecular flexibility index (Phi) is 12.9. The molecule has 2 aliphatic rings. The van der Waals surface area contributed by atoms with Crippen LogP contribution in [-0.2, 0) is 10.8 Å². The van der Waals surface area contributed by atoms with Crippen LogP contribution in [0.5, 0.6) is 0 Å². The van der Waals surface area contributed by atoms with Crippen LogP contribution < -0.4 is 9.80 Å². The van der Waals surface area contributed by atoms with Crippen LogP contribution in [0.3, 0.4) is 0 Å². The van der Waals surface area contributed by atoms with E-state index in [9.17, 15) is 0 Å². The number of rotatable bonds is 9. The first-order chi connectivity index (χ1) is 45.1. The summed E-state index contributed by atoms with van der Waals surface area (Å²) in [6.45, 7) is 9.30. The molecule has 92 heavy (non-hydrogen) atoms.